The highest BCUT2D eigenvalue weighted by atomic mass is 16.5. The van der Waals surface area contributed by atoms with E-state index in [1.54, 1.807) is 0 Å². The van der Waals surface area contributed by atoms with Gasteiger partial charge in [-0.05, 0) is 32.7 Å². The number of ether oxygens (including phenoxy) is 1. The fraction of sp³-hybridized carbons (Fsp3) is 0.769. The highest BCUT2D eigenvalue weighted by Crippen LogP contribution is 2.24. The van der Waals surface area contributed by atoms with Crippen LogP contribution in [0, 0.1) is 0 Å². The lowest BCUT2D eigenvalue weighted by molar-refractivity contribution is -0.154. The van der Waals surface area contributed by atoms with Gasteiger partial charge in [-0.2, -0.15) is 0 Å². The zero-order valence-electron chi connectivity index (χ0n) is 11.0. The molecular weight excluding hydrogens is 216 g/mol. The van der Waals surface area contributed by atoms with Gasteiger partial charge in [0.1, 0.15) is 5.54 Å². The Morgan fingerprint density at radius 3 is 2.94 bits per heavy atom. The lowest BCUT2D eigenvalue weighted by Crippen LogP contribution is -2.54. The molecule has 1 saturated heterocycles. The van der Waals surface area contributed by atoms with Crippen LogP contribution >= 0.6 is 0 Å². The molecule has 4 nitrogen and oxygen atoms in total. The van der Waals surface area contributed by atoms with Crippen molar-refractivity contribution in [3.63, 3.8) is 0 Å². The zero-order valence-corrected chi connectivity index (χ0v) is 11.0. The first-order valence-corrected chi connectivity index (χ1v) is 6.30. The molecule has 17 heavy (non-hydrogen) atoms. The molecule has 0 aromatic rings. The summed E-state index contributed by atoms with van der Waals surface area (Å²) in [5.41, 5.74) is -0.519. The van der Waals surface area contributed by atoms with Gasteiger partial charge >= 0.3 is 5.97 Å². The van der Waals surface area contributed by atoms with E-state index in [0.717, 1.165) is 45.4 Å². The van der Waals surface area contributed by atoms with Gasteiger partial charge in [-0.25, -0.2) is 0 Å². The topological polar surface area (TPSA) is 41.6 Å². The Hall–Kier alpha value is -0.870. The van der Waals surface area contributed by atoms with Crippen molar-refractivity contribution >= 4 is 5.97 Å². The van der Waals surface area contributed by atoms with Crippen LogP contribution in [0.1, 0.15) is 26.2 Å². The summed E-state index contributed by atoms with van der Waals surface area (Å²) in [4.78, 5) is 14.3. The van der Waals surface area contributed by atoms with Crippen LogP contribution in [-0.4, -0.2) is 49.7 Å². The smallest absolute Gasteiger partial charge is 0.326 e. The maximum absolute atomic E-state index is 12.0. The Balaban J connectivity index is 2.78. The number of carbonyl (C=O) groups is 1. The van der Waals surface area contributed by atoms with E-state index in [4.69, 9.17) is 4.74 Å². The number of methoxy groups -OCH3 is 1. The molecule has 0 radical (unpaired) electrons. The van der Waals surface area contributed by atoms with E-state index < -0.39 is 5.54 Å². The predicted molar refractivity (Wildman–Crippen MR) is 68.9 cm³/mol. The van der Waals surface area contributed by atoms with E-state index in [1.807, 2.05) is 13.0 Å². The summed E-state index contributed by atoms with van der Waals surface area (Å²) < 4.78 is 4.97. The Morgan fingerprint density at radius 1 is 1.53 bits per heavy atom. The van der Waals surface area contributed by atoms with Crippen molar-refractivity contribution in [2.75, 3.05) is 33.3 Å². The van der Waals surface area contributed by atoms with Gasteiger partial charge in [0.05, 0.1) is 7.11 Å². The van der Waals surface area contributed by atoms with E-state index in [-0.39, 0.29) is 5.97 Å². The number of nitrogens with one attached hydrogen (secondary N) is 1. The summed E-state index contributed by atoms with van der Waals surface area (Å²) in [6, 6.07) is 0. The number of hydrogen-bond donors (Lipinski definition) is 1. The second kappa shape index (κ2) is 6.77. The van der Waals surface area contributed by atoms with Gasteiger partial charge in [0.25, 0.3) is 0 Å². The minimum Gasteiger partial charge on any atom is -0.468 e. The average molecular weight is 240 g/mol. The first-order chi connectivity index (χ1) is 8.15. The number of rotatable bonds is 5. The van der Waals surface area contributed by atoms with E-state index in [0.29, 0.717) is 0 Å². The van der Waals surface area contributed by atoms with Crippen LogP contribution in [0.5, 0.6) is 0 Å². The van der Waals surface area contributed by atoms with Gasteiger partial charge < -0.3 is 10.1 Å². The van der Waals surface area contributed by atoms with Crippen LogP contribution in [0.3, 0.4) is 0 Å². The number of carbonyl (C=O) groups excluding carboxylic acids is 1. The standard InChI is InChI=1S/C13H24N2O2/c1-4-5-7-13(2,12(16)17-3)15-10-6-8-14-9-11-15/h4,14H,1,5-11H2,2-3H3. The Kier molecular flexibility index (Phi) is 5.65. The first-order valence-electron chi connectivity index (χ1n) is 6.30. The van der Waals surface area contributed by atoms with Crippen molar-refractivity contribution < 1.29 is 9.53 Å². The number of nitrogens with zero attached hydrogens (tertiary/aromatic N) is 1. The summed E-state index contributed by atoms with van der Waals surface area (Å²) >= 11 is 0. The molecule has 0 saturated carbocycles. The largest absolute Gasteiger partial charge is 0.468 e. The number of hydrogen-bond acceptors (Lipinski definition) is 4. The molecule has 0 bridgehead atoms. The fourth-order valence-electron chi connectivity index (χ4n) is 2.33. The summed E-state index contributed by atoms with van der Waals surface area (Å²) in [7, 11) is 1.46. The molecule has 1 unspecified atom stereocenters. The molecule has 1 aliphatic heterocycles. The quantitative estimate of drug-likeness (QED) is 0.579. The second-order valence-electron chi connectivity index (χ2n) is 4.68. The average Bonchev–Trinajstić information content (AvgIpc) is 2.64. The number of allylic oxidation sites excluding steroid dienone is 1. The zero-order chi connectivity index (χ0) is 12.7. The van der Waals surface area contributed by atoms with Crippen LogP contribution < -0.4 is 5.32 Å². The minimum atomic E-state index is -0.519. The molecule has 0 aliphatic carbocycles. The molecule has 4 heteroatoms. The summed E-state index contributed by atoms with van der Waals surface area (Å²) in [5.74, 6) is -0.138. The molecule has 0 amide bonds. The maximum atomic E-state index is 12.0. The highest BCUT2D eigenvalue weighted by Gasteiger charge is 2.39. The van der Waals surface area contributed by atoms with Crippen LogP contribution in [0.4, 0.5) is 0 Å². The van der Waals surface area contributed by atoms with Crippen LogP contribution in [-0.2, 0) is 9.53 Å². The predicted octanol–water partition coefficient (Wildman–Crippen LogP) is 1.18. The Labute approximate surface area is 104 Å². The molecule has 1 rings (SSSR count). The molecule has 0 aromatic carbocycles. The van der Waals surface area contributed by atoms with Gasteiger partial charge in [-0.15, -0.1) is 6.58 Å². The molecule has 1 heterocycles. The van der Waals surface area contributed by atoms with Gasteiger partial charge in [-0.1, -0.05) is 6.08 Å². The molecule has 1 fully saturated rings. The van der Waals surface area contributed by atoms with Crippen LogP contribution in [0.15, 0.2) is 12.7 Å². The summed E-state index contributed by atoms with van der Waals surface area (Å²) in [5, 5.41) is 3.35. The SMILES string of the molecule is C=CCCC(C)(C(=O)OC)N1CCCNCC1. The van der Waals surface area contributed by atoms with Crippen molar-refractivity contribution in [2.24, 2.45) is 0 Å². The molecule has 1 aliphatic rings. The summed E-state index contributed by atoms with van der Waals surface area (Å²) in [6.45, 7) is 9.50. The number of esters is 1. The monoisotopic (exact) mass is 240 g/mol. The molecule has 98 valence electrons. The maximum Gasteiger partial charge on any atom is 0.326 e. The van der Waals surface area contributed by atoms with Crippen molar-refractivity contribution in [1.82, 2.24) is 10.2 Å². The van der Waals surface area contributed by atoms with E-state index >= 15 is 0 Å². The molecule has 1 N–H and O–H groups in total. The first kappa shape index (κ1) is 14.2. The van der Waals surface area contributed by atoms with Crippen molar-refractivity contribution in [3.8, 4) is 0 Å². The van der Waals surface area contributed by atoms with E-state index in [2.05, 4.69) is 16.8 Å². The molecule has 0 spiro atoms. The van der Waals surface area contributed by atoms with Gasteiger partial charge in [-0.3, -0.25) is 9.69 Å². The Morgan fingerprint density at radius 2 is 2.29 bits per heavy atom. The van der Waals surface area contributed by atoms with E-state index in [1.165, 1.54) is 7.11 Å². The lowest BCUT2D eigenvalue weighted by atomic mass is 9.93. The fourth-order valence-corrected chi connectivity index (χ4v) is 2.33. The summed E-state index contributed by atoms with van der Waals surface area (Å²) in [6.07, 6.45) is 4.52. The normalized spacial score (nSPS) is 21.3. The highest BCUT2D eigenvalue weighted by molar-refractivity contribution is 5.80. The molecule has 0 aromatic heterocycles. The van der Waals surface area contributed by atoms with Gasteiger partial charge in [0.2, 0.25) is 0 Å². The van der Waals surface area contributed by atoms with Gasteiger partial charge in [0, 0.05) is 19.6 Å². The van der Waals surface area contributed by atoms with Crippen molar-refractivity contribution in [1.29, 1.82) is 0 Å². The van der Waals surface area contributed by atoms with Crippen molar-refractivity contribution in [3.05, 3.63) is 12.7 Å². The minimum absolute atomic E-state index is 0.138. The van der Waals surface area contributed by atoms with Crippen LogP contribution in [0.2, 0.25) is 0 Å². The van der Waals surface area contributed by atoms with Gasteiger partial charge in [0.15, 0.2) is 0 Å². The second-order valence-corrected chi connectivity index (χ2v) is 4.68. The van der Waals surface area contributed by atoms with E-state index in [9.17, 15) is 4.79 Å². The van der Waals surface area contributed by atoms with Crippen molar-refractivity contribution in [2.45, 2.75) is 31.7 Å². The third-order valence-corrected chi connectivity index (χ3v) is 3.50. The molecular formula is C13H24N2O2. The third-order valence-electron chi connectivity index (χ3n) is 3.50. The third kappa shape index (κ3) is 3.54. The lowest BCUT2D eigenvalue weighted by Gasteiger charge is -2.38. The Bertz CT molecular complexity index is 260. The molecule has 1 atom stereocenters. The van der Waals surface area contributed by atoms with Crippen LogP contribution in [0.25, 0.3) is 0 Å².